The van der Waals surface area contributed by atoms with E-state index < -0.39 is 5.82 Å². The molecule has 0 aromatic heterocycles. The molecule has 1 atom stereocenters. The lowest BCUT2D eigenvalue weighted by Crippen LogP contribution is -2.42. The highest BCUT2D eigenvalue weighted by molar-refractivity contribution is 5.28. The average Bonchev–Trinajstić information content (AvgIpc) is 2.26. The van der Waals surface area contributed by atoms with Gasteiger partial charge in [-0.25, -0.2) is 4.39 Å². The molecular formula is C13H20FNO2. The van der Waals surface area contributed by atoms with Crippen molar-refractivity contribution < 1.29 is 14.6 Å². The Bertz CT molecular complexity index is 350. The lowest BCUT2D eigenvalue weighted by atomic mass is 9.94. The summed E-state index contributed by atoms with van der Waals surface area (Å²) >= 11 is 0. The van der Waals surface area contributed by atoms with Gasteiger partial charge >= 0.3 is 0 Å². The van der Waals surface area contributed by atoms with E-state index >= 15 is 0 Å². The van der Waals surface area contributed by atoms with E-state index in [2.05, 4.69) is 5.32 Å². The van der Waals surface area contributed by atoms with Crippen LogP contribution in [0.2, 0.25) is 0 Å². The van der Waals surface area contributed by atoms with E-state index in [0.717, 1.165) is 12.5 Å². The summed E-state index contributed by atoms with van der Waals surface area (Å²) < 4.78 is 13.1. The van der Waals surface area contributed by atoms with Gasteiger partial charge in [0.1, 0.15) is 11.6 Å². The predicted octanol–water partition coefficient (Wildman–Crippen LogP) is 2.17. The fourth-order valence-corrected chi connectivity index (χ4v) is 1.69. The Morgan fingerprint density at radius 1 is 1.35 bits per heavy atom. The maximum Gasteiger partial charge on any atom is 0.127 e. The van der Waals surface area contributed by atoms with Crippen molar-refractivity contribution in [1.29, 1.82) is 0 Å². The van der Waals surface area contributed by atoms with E-state index in [-0.39, 0.29) is 17.9 Å². The fourth-order valence-electron chi connectivity index (χ4n) is 1.69. The first-order valence-corrected chi connectivity index (χ1v) is 5.83. The van der Waals surface area contributed by atoms with Crippen LogP contribution in [-0.2, 0) is 6.54 Å². The SMILES string of the molecule is CCC(C)(CCO)NCc1cc(O)cc(F)c1. The normalized spacial score (nSPS) is 14.6. The van der Waals surface area contributed by atoms with E-state index in [9.17, 15) is 9.50 Å². The van der Waals surface area contributed by atoms with Crippen LogP contribution in [0.4, 0.5) is 4.39 Å². The van der Waals surface area contributed by atoms with Gasteiger partial charge in [-0.1, -0.05) is 6.92 Å². The molecule has 1 rings (SSSR count). The summed E-state index contributed by atoms with van der Waals surface area (Å²) in [6, 6.07) is 4.00. The zero-order valence-corrected chi connectivity index (χ0v) is 10.3. The summed E-state index contributed by atoms with van der Waals surface area (Å²) in [6.07, 6.45) is 1.51. The number of nitrogens with one attached hydrogen (secondary N) is 1. The smallest absolute Gasteiger partial charge is 0.127 e. The van der Waals surface area contributed by atoms with Crippen LogP contribution in [0.25, 0.3) is 0 Å². The Morgan fingerprint density at radius 3 is 2.59 bits per heavy atom. The summed E-state index contributed by atoms with van der Waals surface area (Å²) in [5, 5.41) is 21.5. The maximum absolute atomic E-state index is 13.1. The first kappa shape index (κ1) is 13.9. The molecule has 3 nitrogen and oxygen atoms in total. The molecule has 0 saturated carbocycles. The maximum atomic E-state index is 13.1. The molecule has 0 aliphatic heterocycles. The Morgan fingerprint density at radius 2 is 2.06 bits per heavy atom. The van der Waals surface area contributed by atoms with E-state index in [1.54, 1.807) is 0 Å². The van der Waals surface area contributed by atoms with Crippen LogP contribution >= 0.6 is 0 Å². The third kappa shape index (κ3) is 4.32. The minimum Gasteiger partial charge on any atom is -0.508 e. The van der Waals surface area contributed by atoms with Gasteiger partial charge in [0.25, 0.3) is 0 Å². The first-order valence-electron chi connectivity index (χ1n) is 5.83. The molecule has 0 radical (unpaired) electrons. The van der Waals surface area contributed by atoms with Crippen molar-refractivity contribution in [3.63, 3.8) is 0 Å². The van der Waals surface area contributed by atoms with Crippen molar-refractivity contribution >= 4 is 0 Å². The molecule has 17 heavy (non-hydrogen) atoms. The van der Waals surface area contributed by atoms with Crippen molar-refractivity contribution in [3.8, 4) is 5.75 Å². The number of phenolic OH excluding ortho intramolecular Hbond substituents is 1. The molecule has 0 amide bonds. The summed E-state index contributed by atoms with van der Waals surface area (Å²) in [4.78, 5) is 0. The zero-order valence-electron chi connectivity index (χ0n) is 10.3. The Labute approximate surface area is 101 Å². The van der Waals surface area contributed by atoms with Crippen LogP contribution in [0.1, 0.15) is 32.3 Å². The predicted molar refractivity (Wildman–Crippen MR) is 65.3 cm³/mol. The van der Waals surface area contributed by atoms with Crippen LogP contribution in [-0.4, -0.2) is 22.4 Å². The van der Waals surface area contributed by atoms with Gasteiger partial charge in [-0.05, 0) is 37.5 Å². The lowest BCUT2D eigenvalue weighted by molar-refractivity contribution is 0.214. The molecule has 0 aliphatic carbocycles. The Balaban J connectivity index is 2.65. The topological polar surface area (TPSA) is 52.5 Å². The molecule has 4 heteroatoms. The first-order chi connectivity index (χ1) is 7.99. The van der Waals surface area contributed by atoms with E-state index in [4.69, 9.17) is 5.11 Å². The molecule has 0 spiro atoms. The number of hydrogen-bond acceptors (Lipinski definition) is 3. The quantitative estimate of drug-likeness (QED) is 0.715. The molecule has 1 aromatic carbocycles. The second-order valence-electron chi connectivity index (χ2n) is 4.56. The van der Waals surface area contributed by atoms with E-state index in [1.807, 2.05) is 13.8 Å². The van der Waals surface area contributed by atoms with E-state index in [1.165, 1.54) is 12.1 Å². The fraction of sp³-hybridized carbons (Fsp3) is 0.538. The number of hydrogen-bond donors (Lipinski definition) is 3. The van der Waals surface area contributed by atoms with Crippen molar-refractivity contribution in [2.75, 3.05) is 6.61 Å². The van der Waals surface area contributed by atoms with Gasteiger partial charge in [0, 0.05) is 24.8 Å². The molecular weight excluding hydrogens is 221 g/mol. The highest BCUT2D eigenvalue weighted by Crippen LogP contribution is 2.18. The molecule has 0 bridgehead atoms. The monoisotopic (exact) mass is 241 g/mol. The van der Waals surface area contributed by atoms with Crippen LogP contribution < -0.4 is 5.32 Å². The van der Waals surface area contributed by atoms with Crippen molar-refractivity contribution in [1.82, 2.24) is 5.32 Å². The summed E-state index contributed by atoms with van der Waals surface area (Å²) in [6.45, 7) is 4.63. The summed E-state index contributed by atoms with van der Waals surface area (Å²) in [5.41, 5.74) is 0.525. The van der Waals surface area contributed by atoms with Crippen molar-refractivity contribution in [2.45, 2.75) is 38.8 Å². The van der Waals surface area contributed by atoms with Gasteiger partial charge in [-0.15, -0.1) is 0 Å². The minimum absolute atomic E-state index is 0.0674. The van der Waals surface area contributed by atoms with Gasteiger partial charge in [-0.2, -0.15) is 0 Å². The summed E-state index contributed by atoms with van der Waals surface area (Å²) in [5.74, 6) is -0.510. The standard InChI is InChI=1S/C13H20FNO2/c1-3-13(2,4-5-16)15-9-10-6-11(14)8-12(17)7-10/h6-8,15-17H,3-5,9H2,1-2H3. The highest BCUT2D eigenvalue weighted by Gasteiger charge is 2.20. The van der Waals surface area contributed by atoms with Crippen LogP contribution in [0.15, 0.2) is 18.2 Å². The molecule has 0 saturated heterocycles. The van der Waals surface area contributed by atoms with Crippen molar-refractivity contribution in [3.05, 3.63) is 29.6 Å². The number of benzene rings is 1. The lowest BCUT2D eigenvalue weighted by Gasteiger charge is -2.29. The van der Waals surface area contributed by atoms with Crippen LogP contribution in [0, 0.1) is 5.82 Å². The second-order valence-corrected chi connectivity index (χ2v) is 4.56. The molecule has 0 fully saturated rings. The summed E-state index contributed by atoms with van der Waals surface area (Å²) in [7, 11) is 0. The van der Waals surface area contributed by atoms with Crippen LogP contribution in [0.3, 0.4) is 0 Å². The van der Waals surface area contributed by atoms with Gasteiger partial charge in [0.05, 0.1) is 0 Å². The second kappa shape index (κ2) is 5.98. The van der Waals surface area contributed by atoms with Gasteiger partial charge in [0.2, 0.25) is 0 Å². The number of phenols is 1. The number of rotatable bonds is 6. The van der Waals surface area contributed by atoms with Gasteiger partial charge < -0.3 is 15.5 Å². The third-order valence-electron chi connectivity index (χ3n) is 3.11. The van der Waals surface area contributed by atoms with Gasteiger partial charge in [-0.3, -0.25) is 0 Å². The third-order valence-corrected chi connectivity index (χ3v) is 3.11. The molecule has 96 valence electrons. The number of aliphatic hydroxyl groups excluding tert-OH is 1. The zero-order chi connectivity index (χ0) is 12.9. The van der Waals surface area contributed by atoms with Crippen molar-refractivity contribution in [2.24, 2.45) is 0 Å². The molecule has 1 unspecified atom stereocenters. The molecule has 0 heterocycles. The highest BCUT2D eigenvalue weighted by atomic mass is 19.1. The average molecular weight is 241 g/mol. The molecule has 3 N–H and O–H groups in total. The number of aromatic hydroxyl groups is 1. The largest absolute Gasteiger partial charge is 0.508 e. The minimum atomic E-state index is -0.442. The van der Waals surface area contributed by atoms with E-state index in [0.29, 0.717) is 18.5 Å². The Hall–Kier alpha value is -1.13. The molecule has 0 aliphatic rings. The van der Waals surface area contributed by atoms with Crippen LogP contribution in [0.5, 0.6) is 5.75 Å². The number of halogens is 1. The van der Waals surface area contributed by atoms with Gasteiger partial charge in [0.15, 0.2) is 0 Å². The Kier molecular flexibility index (Phi) is 4.90. The molecule has 1 aromatic rings. The number of aliphatic hydroxyl groups is 1.